The zero-order valence-electron chi connectivity index (χ0n) is 15.2. The number of carbonyl (C=O) groups is 1. The van der Waals surface area contributed by atoms with Crippen molar-refractivity contribution in [2.75, 3.05) is 32.8 Å². The third kappa shape index (κ3) is 4.53. The molecule has 6 heteroatoms. The van der Waals surface area contributed by atoms with Gasteiger partial charge in [-0.15, -0.1) is 0 Å². The molecule has 0 spiro atoms. The van der Waals surface area contributed by atoms with E-state index in [1.54, 1.807) is 0 Å². The zero-order chi connectivity index (χ0) is 18.0. The molecule has 0 aliphatic carbocycles. The summed E-state index contributed by atoms with van der Waals surface area (Å²) < 4.78 is 11.7. The average Bonchev–Trinajstić information content (AvgIpc) is 2.60. The molecule has 0 saturated carbocycles. The van der Waals surface area contributed by atoms with E-state index in [1.807, 2.05) is 49.9 Å². The van der Waals surface area contributed by atoms with Gasteiger partial charge in [0.05, 0.1) is 31.0 Å². The maximum atomic E-state index is 12.9. The van der Waals surface area contributed by atoms with Gasteiger partial charge < -0.3 is 14.4 Å². The SMILES string of the molecule is C[C@@H]1CN(C(=O)[C@@H](C)N2CCO[C@H](c3ccc(Cl)cc3)C2)C[C@@H](C)O1. The van der Waals surface area contributed by atoms with Crippen molar-refractivity contribution in [3.8, 4) is 0 Å². The monoisotopic (exact) mass is 366 g/mol. The van der Waals surface area contributed by atoms with Crippen LogP contribution in [0.3, 0.4) is 0 Å². The molecule has 0 radical (unpaired) electrons. The molecule has 1 aromatic carbocycles. The molecular weight excluding hydrogens is 340 g/mol. The van der Waals surface area contributed by atoms with Crippen molar-refractivity contribution in [1.82, 2.24) is 9.80 Å². The van der Waals surface area contributed by atoms with E-state index in [0.29, 0.717) is 26.2 Å². The van der Waals surface area contributed by atoms with Crippen molar-refractivity contribution in [2.24, 2.45) is 0 Å². The Balaban J connectivity index is 1.64. The van der Waals surface area contributed by atoms with Crippen molar-refractivity contribution in [1.29, 1.82) is 0 Å². The lowest BCUT2D eigenvalue weighted by Gasteiger charge is -2.41. The topological polar surface area (TPSA) is 42.0 Å². The second-order valence-electron chi connectivity index (χ2n) is 7.08. The van der Waals surface area contributed by atoms with Gasteiger partial charge in [-0.1, -0.05) is 23.7 Å². The van der Waals surface area contributed by atoms with E-state index < -0.39 is 0 Å². The number of hydrogen-bond acceptors (Lipinski definition) is 4. The molecule has 0 unspecified atom stereocenters. The summed E-state index contributed by atoms with van der Waals surface area (Å²) in [7, 11) is 0. The molecule has 138 valence electrons. The van der Waals surface area contributed by atoms with Gasteiger partial charge in [0, 0.05) is 31.2 Å². The Morgan fingerprint density at radius 3 is 2.44 bits per heavy atom. The van der Waals surface area contributed by atoms with Crippen LogP contribution in [0.1, 0.15) is 32.4 Å². The molecule has 4 atom stereocenters. The molecule has 2 heterocycles. The maximum Gasteiger partial charge on any atom is 0.239 e. The summed E-state index contributed by atoms with van der Waals surface area (Å²) in [5.41, 5.74) is 1.10. The first kappa shape index (κ1) is 18.6. The average molecular weight is 367 g/mol. The molecule has 5 nitrogen and oxygen atoms in total. The predicted molar refractivity (Wildman–Crippen MR) is 97.8 cm³/mol. The number of hydrogen-bond donors (Lipinski definition) is 0. The molecule has 2 aliphatic rings. The summed E-state index contributed by atoms with van der Waals surface area (Å²) >= 11 is 5.97. The summed E-state index contributed by atoms with van der Waals surface area (Å²) in [5, 5.41) is 0.718. The fourth-order valence-electron chi connectivity index (χ4n) is 3.68. The highest BCUT2D eigenvalue weighted by molar-refractivity contribution is 6.30. The Morgan fingerprint density at radius 2 is 1.80 bits per heavy atom. The quantitative estimate of drug-likeness (QED) is 0.825. The van der Waals surface area contributed by atoms with Crippen LogP contribution in [0.4, 0.5) is 0 Å². The molecule has 3 rings (SSSR count). The van der Waals surface area contributed by atoms with Gasteiger partial charge in [0.25, 0.3) is 0 Å². The molecule has 2 saturated heterocycles. The number of ether oxygens (including phenoxy) is 2. The predicted octanol–water partition coefficient (Wildman–Crippen LogP) is 2.74. The lowest BCUT2D eigenvalue weighted by atomic mass is 10.1. The van der Waals surface area contributed by atoms with Crippen molar-refractivity contribution < 1.29 is 14.3 Å². The van der Waals surface area contributed by atoms with Gasteiger partial charge in [0.15, 0.2) is 0 Å². The van der Waals surface area contributed by atoms with Crippen LogP contribution in [0.25, 0.3) is 0 Å². The van der Waals surface area contributed by atoms with Crippen LogP contribution >= 0.6 is 11.6 Å². The Morgan fingerprint density at radius 1 is 1.16 bits per heavy atom. The number of halogens is 1. The van der Waals surface area contributed by atoms with Crippen molar-refractivity contribution in [3.05, 3.63) is 34.9 Å². The van der Waals surface area contributed by atoms with Crippen LogP contribution in [-0.4, -0.2) is 66.7 Å². The summed E-state index contributed by atoms with van der Waals surface area (Å²) in [6.45, 7) is 9.48. The molecule has 0 aromatic heterocycles. The fourth-order valence-corrected chi connectivity index (χ4v) is 3.80. The van der Waals surface area contributed by atoms with Gasteiger partial charge in [0.1, 0.15) is 0 Å². The standard InChI is InChI=1S/C19H27ClN2O3/c1-13-10-22(11-14(2)25-13)19(23)15(3)21-8-9-24-18(12-21)16-4-6-17(20)7-5-16/h4-7,13-15,18H,8-12H2,1-3H3/t13-,14-,15-,18+/m1/s1. The summed E-state index contributed by atoms with van der Waals surface area (Å²) in [5.74, 6) is 0.179. The summed E-state index contributed by atoms with van der Waals surface area (Å²) in [6, 6.07) is 7.59. The molecular formula is C19H27ClN2O3. The molecule has 1 amide bonds. The maximum absolute atomic E-state index is 12.9. The minimum absolute atomic E-state index is 0.0243. The van der Waals surface area contributed by atoms with Gasteiger partial charge in [-0.25, -0.2) is 0 Å². The van der Waals surface area contributed by atoms with Gasteiger partial charge in [0.2, 0.25) is 5.91 Å². The number of nitrogens with zero attached hydrogens (tertiary/aromatic N) is 2. The van der Waals surface area contributed by atoms with Gasteiger partial charge in [-0.05, 0) is 38.5 Å². The van der Waals surface area contributed by atoms with E-state index >= 15 is 0 Å². The number of morpholine rings is 2. The van der Waals surface area contributed by atoms with E-state index in [4.69, 9.17) is 21.1 Å². The molecule has 1 aromatic rings. The highest BCUT2D eigenvalue weighted by Crippen LogP contribution is 2.25. The van der Waals surface area contributed by atoms with Crippen LogP contribution in [0.5, 0.6) is 0 Å². The molecule has 25 heavy (non-hydrogen) atoms. The first-order valence-corrected chi connectivity index (χ1v) is 9.37. The Hall–Kier alpha value is -1.14. The van der Waals surface area contributed by atoms with Crippen molar-refractivity contribution in [2.45, 2.75) is 45.1 Å². The van der Waals surface area contributed by atoms with E-state index in [1.165, 1.54) is 0 Å². The Labute approximate surface area is 154 Å². The summed E-state index contributed by atoms with van der Waals surface area (Å²) in [4.78, 5) is 17.1. The highest BCUT2D eigenvalue weighted by Gasteiger charge is 2.33. The first-order valence-electron chi connectivity index (χ1n) is 8.99. The van der Waals surface area contributed by atoms with E-state index in [0.717, 1.165) is 17.1 Å². The minimum Gasteiger partial charge on any atom is -0.372 e. The van der Waals surface area contributed by atoms with E-state index in [9.17, 15) is 4.79 Å². The number of amides is 1. The van der Waals surface area contributed by atoms with Crippen LogP contribution < -0.4 is 0 Å². The smallest absolute Gasteiger partial charge is 0.239 e. The zero-order valence-corrected chi connectivity index (χ0v) is 15.9. The van der Waals surface area contributed by atoms with Gasteiger partial charge in [-0.3, -0.25) is 9.69 Å². The fraction of sp³-hybridized carbons (Fsp3) is 0.632. The largest absolute Gasteiger partial charge is 0.372 e. The number of benzene rings is 1. The Bertz CT molecular complexity index is 585. The van der Waals surface area contributed by atoms with Crippen molar-refractivity contribution >= 4 is 17.5 Å². The van der Waals surface area contributed by atoms with Gasteiger partial charge >= 0.3 is 0 Å². The molecule has 0 N–H and O–H groups in total. The van der Waals surface area contributed by atoms with E-state index in [2.05, 4.69) is 4.90 Å². The lowest BCUT2D eigenvalue weighted by molar-refractivity contribution is -0.151. The first-order chi connectivity index (χ1) is 11.9. The van der Waals surface area contributed by atoms with Crippen LogP contribution in [-0.2, 0) is 14.3 Å². The number of rotatable bonds is 3. The lowest BCUT2D eigenvalue weighted by Crippen LogP contribution is -2.56. The van der Waals surface area contributed by atoms with Gasteiger partial charge in [-0.2, -0.15) is 0 Å². The van der Waals surface area contributed by atoms with Crippen LogP contribution in [0.15, 0.2) is 24.3 Å². The molecule has 2 fully saturated rings. The Kier molecular flexibility index (Phi) is 6.00. The third-order valence-corrected chi connectivity index (χ3v) is 5.23. The highest BCUT2D eigenvalue weighted by atomic mass is 35.5. The number of carbonyl (C=O) groups excluding carboxylic acids is 1. The summed E-state index contributed by atoms with van der Waals surface area (Å²) in [6.07, 6.45) is 0.154. The second-order valence-corrected chi connectivity index (χ2v) is 7.52. The normalized spacial score (nSPS) is 29.4. The van der Waals surface area contributed by atoms with Crippen LogP contribution in [0.2, 0.25) is 5.02 Å². The molecule has 0 bridgehead atoms. The minimum atomic E-state index is -0.156. The van der Waals surface area contributed by atoms with Crippen LogP contribution in [0, 0.1) is 0 Å². The second kappa shape index (κ2) is 8.04. The van der Waals surface area contributed by atoms with E-state index in [-0.39, 0.29) is 30.3 Å². The van der Waals surface area contributed by atoms with Crippen molar-refractivity contribution in [3.63, 3.8) is 0 Å². The molecule has 2 aliphatic heterocycles. The third-order valence-electron chi connectivity index (χ3n) is 4.98.